The van der Waals surface area contributed by atoms with Gasteiger partial charge in [-0.05, 0) is 55.8 Å². The Labute approximate surface area is 146 Å². The van der Waals surface area contributed by atoms with Crippen molar-refractivity contribution in [3.8, 4) is 0 Å². The van der Waals surface area contributed by atoms with Crippen molar-refractivity contribution in [2.24, 2.45) is 0 Å². The number of amides is 1. The van der Waals surface area contributed by atoms with Crippen LogP contribution in [0.25, 0.3) is 0 Å². The van der Waals surface area contributed by atoms with E-state index in [1.165, 1.54) is 24.3 Å². The van der Waals surface area contributed by atoms with E-state index in [9.17, 15) is 18.0 Å². The lowest BCUT2D eigenvalue weighted by Crippen LogP contribution is -2.38. The van der Waals surface area contributed by atoms with Crippen LogP contribution < -0.4 is 0 Å². The summed E-state index contributed by atoms with van der Waals surface area (Å²) in [6, 6.07) is 5.51. The molecule has 134 valence electrons. The van der Waals surface area contributed by atoms with Crippen molar-refractivity contribution in [2.45, 2.75) is 36.1 Å². The molecule has 0 saturated carbocycles. The summed E-state index contributed by atoms with van der Waals surface area (Å²) in [6.45, 7) is 2.85. The third-order valence-electron chi connectivity index (χ3n) is 4.01. The molecule has 0 aliphatic carbocycles. The number of carbonyl (C=O) groups excluding carboxylic acids is 1. The lowest BCUT2D eigenvalue weighted by molar-refractivity contribution is -0.0328. The number of likely N-dealkylation sites (tertiary alicyclic amines) is 1. The SMILES string of the molecule is Cc1noc(C2CCN(C(=O)c3ccc(SC(F)(F)F)cc3)CC2)n1. The second-order valence-corrected chi connectivity index (χ2v) is 6.96. The number of piperidine rings is 1. The number of hydrogen-bond acceptors (Lipinski definition) is 5. The zero-order chi connectivity index (χ0) is 18.0. The lowest BCUT2D eigenvalue weighted by Gasteiger charge is -2.30. The summed E-state index contributed by atoms with van der Waals surface area (Å²) in [5.74, 6) is 1.14. The number of thioether (sulfide) groups is 1. The van der Waals surface area contributed by atoms with Crippen molar-refractivity contribution in [2.75, 3.05) is 13.1 Å². The Morgan fingerprint density at radius 3 is 2.40 bits per heavy atom. The fourth-order valence-electron chi connectivity index (χ4n) is 2.79. The molecule has 0 spiro atoms. The molecule has 2 heterocycles. The highest BCUT2D eigenvalue weighted by atomic mass is 32.2. The van der Waals surface area contributed by atoms with Crippen LogP contribution in [0.2, 0.25) is 0 Å². The number of carbonyl (C=O) groups is 1. The molecule has 1 aromatic carbocycles. The van der Waals surface area contributed by atoms with Crippen LogP contribution in [-0.2, 0) is 0 Å². The first-order chi connectivity index (χ1) is 11.8. The molecule has 1 aromatic heterocycles. The monoisotopic (exact) mass is 371 g/mol. The topological polar surface area (TPSA) is 59.2 Å². The highest BCUT2D eigenvalue weighted by molar-refractivity contribution is 8.00. The summed E-state index contributed by atoms with van der Waals surface area (Å²) in [6.07, 6.45) is 1.44. The maximum Gasteiger partial charge on any atom is 0.446 e. The van der Waals surface area contributed by atoms with Crippen molar-refractivity contribution in [1.82, 2.24) is 15.0 Å². The molecule has 0 atom stereocenters. The summed E-state index contributed by atoms with van der Waals surface area (Å²) in [5.41, 5.74) is -3.95. The van der Waals surface area contributed by atoms with Gasteiger partial charge in [0.2, 0.25) is 5.89 Å². The first-order valence-electron chi connectivity index (χ1n) is 7.77. The molecule has 9 heteroatoms. The molecule has 3 rings (SSSR count). The standard InChI is InChI=1S/C16H16F3N3O2S/c1-10-20-14(24-21-10)11-6-8-22(9-7-11)15(23)12-2-4-13(5-3-12)25-16(17,18)19/h2-5,11H,6-9H2,1H3. The Kier molecular flexibility index (Phi) is 5.03. The van der Waals surface area contributed by atoms with E-state index in [-0.39, 0.29) is 28.5 Å². The van der Waals surface area contributed by atoms with Gasteiger partial charge in [0.15, 0.2) is 5.82 Å². The maximum atomic E-state index is 12.5. The molecule has 0 bridgehead atoms. The van der Waals surface area contributed by atoms with Gasteiger partial charge in [-0.15, -0.1) is 0 Å². The van der Waals surface area contributed by atoms with Crippen LogP contribution in [0.4, 0.5) is 13.2 Å². The number of aryl methyl sites for hydroxylation is 1. The second kappa shape index (κ2) is 7.07. The van der Waals surface area contributed by atoms with Crippen LogP contribution in [0.1, 0.15) is 40.8 Å². The van der Waals surface area contributed by atoms with Gasteiger partial charge < -0.3 is 9.42 Å². The predicted molar refractivity (Wildman–Crippen MR) is 85.3 cm³/mol. The van der Waals surface area contributed by atoms with Crippen LogP contribution in [0.15, 0.2) is 33.7 Å². The minimum atomic E-state index is -4.33. The highest BCUT2D eigenvalue weighted by Gasteiger charge is 2.30. The van der Waals surface area contributed by atoms with Crippen LogP contribution in [-0.4, -0.2) is 39.5 Å². The number of alkyl halides is 3. The molecule has 1 amide bonds. The fraction of sp³-hybridized carbons (Fsp3) is 0.438. The molecule has 2 aromatic rings. The maximum absolute atomic E-state index is 12.5. The van der Waals surface area contributed by atoms with Gasteiger partial charge >= 0.3 is 5.51 Å². The fourth-order valence-corrected chi connectivity index (χ4v) is 3.33. The van der Waals surface area contributed by atoms with E-state index in [4.69, 9.17) is 4.52 Å². The molecular weight excluding hydrogens is 355 g/mol. The molecule has 1 aliphatic rings. The van der Waals surface area contributed by atoms with Gasteiger partial charge in [-0.2, -0.15) is 18.2 Å². The first-order valence-corrected chi connectivity index (χ1v) is 8.59. The molecule has 1 saturated heterocycles. The van der Waals surface area contributed by atoms with Crippen LogP contribution >= 0.6 is 11.8 Å². The van der Waals surface area contributed by atoms with Gasteiger partial charge in [0.1, 0.15) is 0 Å². The Hall–Kier alpha value is -2.03. The van der Waals surface area contributed by atoms with Crippen LogP contribution in [0.5, 0.6) is 0 Å². The Morgan fingerprint density at radius 1 is 1.24 bits per heavy atom. The summed E-state index contributed by atoms with van der Waals surface area (Å²) < 4.78 is 42.2. The first kappa shape index (κ1) is 17.8. The summed E-state index contributed by atoms with van der Waals surface area (Å²) in [5, 5.41) is 3.78. The number of benzene rings is 1. The van der Waals surface area contributed by atoms with Gasteiger partial charge in [-0.1, -0.05) is 5.16 Å². The zero-order valence-corrected chi connectivity index (χ0v) is 14.2. The molecule has 25 heavy (non-hydrogen) atoms. The molecule has 0 N–H and O–H groups in total. The van der Waals surface area contributed by atoms with Gasteiger partial charge in [-0.3, -0.25) is 4.79 Å². The number of hydrogen-bond donors (Lipinski definition) is 0. The lowest BCUT2D eigenvalue weighted by atomic mass is 9.96. The highest BCUT2D eigenvalue weighted by Crippen LogP contribution is 2.36. The van der Waals surface area contributed by atoms with E-state index in [0.29, 0.717) is 30.4 Å². The normalized spacial score (nSPS) is 16.2. The predicted octanol–water partition coefficient (Wildman–Crippen LogP) is 4.01. The van der Waals surface area contributed by atoms with Crippen molar-refractivity contribution in [1.29, 1.82) is 0 Å². The van der Waals surface area contributed by atoms with E-state index in [2.05, 4.69) is 10.1 Å². The number of halogens is 3. The van der Waals surface area contributed by atoms with E-state index in [1.807, 2.05) is 0 Å². The molecule has 0 unspecified atom stereocenters. The molecule has 1 aliphatic heterocycles. The van der Waals surface area contributed by atoms with Crippen molar-refractivity contribution < 1.29 is 22.5 Å². The van der Waals surface area contributed by atoms with Crippen molar-refractivity contribution in [3.05, 3.63) is 41.5 Å². The molecule has 0 radical (unpaired) electrons. The Morgan fingerprint density at radius 2 is 1.88 bits per heavy atom. The average Bonchev–Trinajstić information content (AvgIpc) is 3.00. The van der Waals surface area contributed by atoms with Gasteiger partial charge in [0.05, 0.1) is 0 Å². The minimum Gasteiger partial charge on any atom is -0.339 e. The van der Waals surface area contributed by atoms with E-state index < -0.39 is 5.51 Å². The smallest absolute Gasteiger partial charge is 0.339 e. The van der Waals surface area contributed by atoms with E-state index in [1.54, 1.807) is 11.8 Å². The van der Waals surface area contributed by atoms with E-state index >= 15 is 0 Å². The minimum absolute atomic E-state index is 0.0644. The van der Waals surface area contributed by atoms with Crippen LogP contribution in [0, 0.1) is 6.92 Å². The average molecular weight is 371 g/mol. The Balaban J connectivity index is 1.59. The van der Waals surface area contributed by atoms with Crippen molar-refractivity contribution >= 4 is 17.7 Å². The third kappa shape index (κ3) is 4.53. The summed E-state index contributed by atoms with van der Waals surface area (Å²) in [4.78, 5) is 18.5. The van der Waals surface area contributed by atoms with E-state index in [0.717, 1.165) is 12.8 Å². The quantitative estimate of drug-likeness (QED) is 0.763. The largest absolute Gasteiger partial charge is 0.446 e. The number of aromatic nitrogens is 2. The zero-order valence-electron chi connectivity index (χ0n) is 13.4. The van der Waals surface area contributed by atoms with Crippen molar-refractivity contribution in [3.63, 3.8) is 0 Å². The van der Waals surface area contributed by atoms with Crippen LogP contribution in [0.3, 0.4) is 0 Å². The molecule has 5 nitrogen and oxygen atoms in total. The van der Waals surface area contributed by atoms with Gasteiger partial charge in [0, 0.05) is 29.5 Å². The third-order valence-corrected chi connectivity index (χ3v) is 4.75. The van der Waals surface area contributed by atoms with Gasteiger partial charge in [0.25, 0.3) is 5.91 Å². The molecular formula is C16H16F3N3O2S. The number of rotatable bonds is 3. The number of nitrogens with zero attached hydrogens (tertiary/aromatic N) is 3. The van der Waals surface area contributed by atoms with Gasteiger partial charge in [-0.25, -0.2) is 0 Å². The summed E-state index contributed by atoms with van der Waals surface area (Å²) >= 11 is -0.192. The molecule has 1 fully saturated rings. The second-order valence-electron chi connectivity index (χ2n) is 5.82. The summed E-state index contributed by atoms with van der Waals surface area (Å²) in [7, 11) is 0. The Bertz CT molecular complexity index is 738.